The van der Waals surface area contributed by atoms with Crippen molar-refractivity contribution in [3.63, 3.8) is 0 Å². The Morgan fingerprint density at radius 2 is 1.85 bits per heavy atom. The summed E-state index contributed by atoms with van der Waals surface area (Å²) in [7, 11) is 1.74. The number of nitrogens with two attached hydrogens (primary N) is 1. The molecule has 2 aromatic rings. The highest BCUT2D eigenvalue weighted by Crippen LogP contribution is 2.40. The predicted octanol–water partition coefficient (Wildman–Crippen LogP) is 5.13. The molecule has 3 unspecified atom stereocenters. The normalized spacial score (nSPS) is 24.1. The van der Waals surface area contributed by atoms with Crippen LogP contribution in [0.15, 0.2) is 42.5 Å². The highest BCUT2D eigenvalue weighted by molar-refractivity contribution is 5.44. The Kier molecular flexibility index (Phi) is 5.80. The second-order valence-electron chi connectivity index (χ2n) is 7.95. The average molecular weight is 366 g/mol. The van der Waals surface area contributed by atoms with E-state index >= 15 is 0 Å². The number of methoxy groups -OCH3 is 1. The fourth-order valence-electron chi connectivity index (χ4n) is 4.90. The van der Waals surface area contributed by atoms with Gasteiger partial charge in [0, 0.05) is 18.2 Å². The fourth-order valence-corrected chi connectivity index (χ4v) is 4.90. The molecule has 0 spiro atoms. The lowest BCUT2D eigenvalue weighted by Crippen LogP contribution is -2.28. The molecule has 0 bridgehead atoms. The van der Waals surface area contributed by atoms with Gasteiger partial charge in [-0.25, -0.2) is 0 Å². The first kappa shape index (κ1) is 18.5. The van der Waals surface area contributed by atoms with E-state index in [4.69, 9.17) is 15.2 Å². The maximum absolute atomic E-state index is 6.63. The zero-order valence-corrected chi connectivity index (χ0v) is 16.3. The van der Waals surface area contributed by atoms with Crippen LogP contribution in [0.1, 0.15) is 66.5 Å². The lowest BCUT2D eigenvalue weighted by molar-refractivity contribution is 0.0358. The Balaban J connectivity index is 1.32. The summed E-state index contributed by atoms with van der Waals surface area (Å²) in [5.74, 6) is 1.45. The van der Waals surface area contributed by atoms with Crippen molar-refractivity contribution in [2.75, 3.05) is 13.7 Å². The van der Waals surface area contributed by atoms with Gasteiger partial charge in [-0.05, 0) is 73.6 Å². The van der Waals surface area contributed by atoms with Crippen molar-refractivity contribution >= 4 is 0 Å². The van der Waals surface area contributed by atoms with Crippen LogP contribution in [0, 0.1) is 5.92 Å². The van der Waals surface area contributed by atoms with Crippen LogP contribution >= 0.6 is 0 Å². The van der Waals surface area contributed by atoms with E-state index in [9.17, 15) is 0 Å². The predicted molar refractivity (Wildman–Crippen MR) is 109 cm³/mol. The van der Waals surface area contributed by atoms with Crippen LogP contribution in [0.2, 0.25) is 0 Å². The number of aryl methyl sites for hydroxylation is 2. The summed E-state index contributed by atoms with van der Waals surface area (Å²) >= 11 is 0. The van der Waals surface area contributed by atoms with Crippen LogP contribution in [-0.2, 0) is 17.6 Å². The first-order chi connectivity index (χ1) is 13.3. The van der Waals surface area contributed by atoms with Crippen LogP contribution in [0.25, 0.3) is 0 Å². The molecule has 0 aromatic heterocycles. The van der Waals surface area contributed by atoms with Crippen LogP contribution in [0.4, 0.5) is 0 Å². The van der Waals surface area contributed by atoms with Gasteiger partial charge >= 0.3 is 0 Å². The Morgan fingerprint density at radius 3 is 2.74 bits per heavy atom. The van der Waals surface area contributed by atoms with Crippen molar-refractivity contribution in [2.24, 2.45) is 11.7 Å². The number of hydrogen-bond acceptors (Lipinski definition) is 3. The molecule has 0 radical (unpaired) electrons. The Bertz CT molecular complexity index is 758. The van der Waals surface area contributed by atoms with Crippen molar-refractivity contribution in [1.29, 1.82) is 0 Å². The van der Waals surface area contributed by atoms with E-state index in [2.05, 4.69) is 36.4 Å². The average Bonchev–Trinajstić information content (AvgIpc) is 2.72. The van der Waals surface area contributed by atoms with Gasteiger partial charge in [0.2, 0.25) is 0 Å². The van der Waals surface area contributed by atoms with Crippen LogP contribution in [0.5, 0.6) is 5.75 Å². The second-order valence-corrected chi connectivity index (χ2v) is 7.95. The third kappa shape index (κ3) is 3.90. The maximum Gasteiger partial charge on any atom is 0.123 e. The molecule has 144 valence electrons. The van der Waals surface area contributed by atoms with Crippen molar-refractivity contribution in [1.82, 2.24) is 0 Å². The molecule has 0 saturated heterocycles. The van der Waals surface area contributed by atoms with Gasteiger partial charge in [0.25, 0.3) is 0 Å². The van der Waals surface area contributed by atoms with Gasteiger partial charge in [-0.1, -0.05) is 36.4 Å². The van der Waals surface area contributed by atoms with E-state index in [1.807, 2.05) is 6.07 Å². The molecule has 27 heavy (non-hydrogen) atoms. The summed E-state index contributed by atoms with van der Waals surface area (Å²) < 4.78 is 11.8. The molecule has 3 atom stereocenters. The van der Waals surface area contributed by atoms with Gasteiger partial charge in [0.1, 0.15) is 5.75 Å². The van der Waals surface area contributed by atoms with Crippen molar-refractivity contribution in [2.45, 2.75) is 57.1 Å². The molecule has 0 heterocycles. The molecular weight excluding hydrogens is 334 g/mol. The van der Waals surface area contributed by atoms with Crippen molar-refractivity contribution < 1.29 is 9.47 Å². The van der Waals surface area contributed by atoms with Gasteiger partial charge in [-0.15, -0.1) is 0 Å². The van der Waals surface area contributed by atoms with E-state index < -0.39 is 0 Å². The number of ether oxygens (including phenoxy) is 2. The summed E-state index contributed by atoms with van der Waals surface area (Å²) in [4.78, 5) is 0. The van der Waals surface area contributed by atoms with Gasteiger partial charge in [-0.2, -0.15) is 0 Å². The molecule has 0 amide bonds. The maximum atomic E-state index is 6.63. The van der Waals surface area contributed by atoms with E-state index in [1.165, 1.54) is 35.1 Å². The van der Waals surface area contributed by atoms with Crippen LogP contribution in [-0.4, -0.2) is 13.7 Å². The SMILES string of the molecule is COc1cccc2c1C(N)C(CCCOC1CCCc3ccccc31)CC2. The minimum absolute atomic E-state index is 0.0697. The number of fused-ring (bicyclic) bond motifs is 2. The molecule has 3 nitrogen and oxygen atoms in total. The van der Waals surface area contributed by atoms with Gasteiger partial charge in [0.15, 0.2) is 0 Å². The molecule has 2 aliphatic carbocycles. The zero-order chi connectivity index (χ0) is 18.6. The summed E-state index contributed by atoms with van der Waals surface area (Å²) in [5, 5.41) is 0. The first-order valence-corrected chi connectivity index (χ1v) is 10.4. The largest absolute Gasteiger partial charge is 0.496 e. The van der Waals surface area contributed by atoms with Gasteiger partial charge in [-0.3, -0.25) is 0 Å². The summed E-state index contributed by atoms with van der Waals surface area (Å²) in [6.45, 7) is 0.820. The molecule has 2 aromatic carbocycles. The highest BCUT2D eigenvalue weighted by Gasteiger charge is 2.29. The third-order valence-electron chi connectivity index (χ3n) is 6.35. The fraction of sp³-hybridized carbons (Fsp3) is 0.500. The Hall–Kier alpha value is -1.84. The lowest BCUT2D eigenvalue weighted by atomic mass is 9.77. The van der Waals surface area contributed by atoms with Crippen molar-refractivity contribution in [3.8, 4) is 5.75 Å². The van der Waals surface area contributed by atoms with E-state index in [0.717, 1.165) is 44.5 Å². The minimum Gasteiger partial charge on any atom is -0.496 e. The highest BCUT2D eigenvalue weighted by atomic mass is 16.5. The molecule has 3 heteroatoms. The summed E-state index contributed by atoms with van der Waals surface area (Å²) in [5.41, 5.74) is 12.1. The first-order valence-electron chi connectivity index (χ1n) is 10.4. The van der Waals surface area contributed by atoms with Gasteiger partial charge < -0.3 is 15.2 Å². The number of hydrogen-bond donors (Lipinski definition) is 1. The third-order valence-corrected chi connectivity index (χ3v) is 6.35. The van der Waals surface area contributed by atoms with Crippen LogP contribution in [0.3, 0.4) is 0 Å². The Labute approximate surface area is 162 Å². The zero-order valence-electron chi connectivity index (χ0n) is 16.3. The van der Waals surface area contributed by atoms with E-state index in [-0.39, 0.29) is 12.1 Å². The van der Waals surface area contributed by atoms with E-state index in [0.29, 0.717) is 5.92 Å². The van der Waals surface area contributed by atoms with Gasteiger partial charge in [0.05, 0.1) is 13.2 Å². The van der Waals surface area contributed by atoms with Crippen molar-refractivity contribution in [3.05, 3.63) is 64.7 Å². The standard InChI is InChI=1S/C24H31NO2/c1-26-22-13-5-9-18-14-15-19(24(25)23(18)22)10-6-16-27-21-12-4-8-17-7-2-3-11-20(17)21/h2-3,5,7,9,11,13,19,21,24H,4,6,8,10,12,14-16,25H2,1H3. The molecule has 0 fully saturated rings. The molecule has 0 aliphatic heterocycles. The molecular formula is C24H31NO2. The molecule has 4 rings (SSSR count). The monoisotopic (exact) mass is 365 g/mol. The smallest absolute Gasteiger partial charge is 0.123 e. The summed E-state index contributed by atoms with van der Waals surface area (Å²) in [6, 6.07) is 15.1. The quantitative estimate of drug-likeness (QED) is 0.722. The number of benzene rings is 2. The van der Waals surface area contributed by atoms with Crippen LogP contribution < -0.4 is 10.5 Å². The Morgan fingerprint density at radius 1 is 1.00 bits per heavy atom. The second kappa shape index (κ2) is 8.45. The minimum atomic E-state index is 0.0697. The molecule has 0 saturated carbocycles. The molecule has 2 N–H and O–H groups in total. The summed E-state index contributed by atoms with van der Waals surface area (Å²) in [6.07, 6.45) is 8.28. The topological polar surface area (TPSA) is 44.5 Å². The lowest BCUT2D eigenvalue weighted by Gasteiger charge is -2.32. The number of rotatable bonds is 6. The van der Waals surface area contributed by atoms with E-state index in [1.54, 1.807) is 7.11 Å². The molecule has 2 aliphatic rings.